The van der Waals surface area contributed by atoms with Crippen LogP contribution in [0.25, 0.3) is 11.1 Å². The number of rotatable bonds is 7. The summed E-state index contributed by atoms with van der Waals surface area (Å²) < 4.78 is 44.0. The summed E-state index contributed by atoms with van der Waals surface area (Å²) in [5.41, 5.74) is 4.51. The first-order valence-electron chi connectivity index (χ1n) is 13.3. The van der Waals surface area contributed by atoms with Crippen LogP contribution in [0.5, 0.6) is 0 Å². The Balaban J connectivity index is 1.39. The number of hydrogen-bond donors (Lipinski definition) is 3. The molecule has 1 aliphatic carbocycles. The number of alkyl halides is 3. The number of carbonyl (C=O) groups excluding carboxylic acids is 1. The summed E-state index contributed by atoms with van der Waals surface area (Å²) in [6.07, 6.45) is -2.78. The van der Waals surface area contributed by atoms with Crippen molar-refractivity contribution in [2.75, 3.05) is 43.5 Å². The number of likely N-dealkylation sites (tertiary alicyclic amines) is 1. The largest absolute Gasteiger partial charge is 0.394 e. The Kier molecular flexibility index (Phi) is 7.30. The van der Waals surface area contributed by atoms with Gasteiger partial charge in [-0.2, -0.15) is 13.2 Å². The van der Waals surface area contributed by atoms with Crippen molar-refractivity contribution in [2.24, 2.45) is 11.8 Å². The molecule has 2 amide bonds. The normalized spacial score (nSPS) is 25.6. The lowest BCUT2D eigenvalue weighted by Gasteiger charge is -2.24. The van der Waals surface area contributed by atoms with Gasteiger partial charge < -0.3 is 25.4 Å². The molecule has 3 N–H and O–H groups in total. The zero-order chi connectivity index (χ0) is 27.1. The van der Waals surface area contributed by atoms with E-state index in [1.165, 1.54) is 4.90 Å². The van der Waals surface area contributed by atoms with E-state index < -0.39 is 18.5 Å². The van der Waals surface area contributed by atoms with Crippen LogP contribution in [-0.4, -0.2) is 66.1 Å². The Morgan fingerprint density at radius 1 is 1.32 bits per heavy atom. The second-order valence-electron chi connectivity index (χ2n) is 11.1. The van der Waals surface area contributed by atoms with Crippen LogP contribution in [0.1, 0.15) is 43.9 Å². The molecule has 0 radical (unpaired) electrons. The van der Waals surface area contributed by atoms with E-state index in [2.05, 4.69) is 16.7 Å². The number of urea groups is 1. The molecule has 2 saturated heterocycles. The van der Waals surface area contributed by atoms with Crippen LogP contribution in [-0.2, 0) is 10.2 Å². The van der Waals surface area contributed by atoms with Gasteiger partial charge in [0.2, 0.25) is 0 Å². The molecule has 4 atom stereocenters. The lowest BCUT2D eigenvalue weighted by Crippen LogP contribution is -2.33. The molecule has 3 unspecified atom stereocenters. The third kappa shape index (κ3) is 5.76. The highest BCUT2D eigenvalue weighted by Gasteiger charge is 2.57. The van der Waals surface area contributed by atoms with Crippen LogP contribution >= 0.6 is 0 Å². The molecular weight excluding hydrogens is 497 g/mol. The number of halogens is 3. The number of benzene rings is 1. The second kappa shape index (κ2) is 10.4. The number of anilines is 2. The maximum atomic E-state index is 12.9. The minimum atomic E-state index is -4.22. The number of carbonyl (C=O) groups is 1. The van der Waals surface area contributed by atoms with Gasteiger partial charge in [-0.25, -0.2) is 9.78 Å². The van der Waals surface area contributed by atoms with E-state index in [4.69, 9.17) is 9.72 Å². The number of nitrogens with zero attached hydrogens (tertiary/aromatic N) is 2. The fraction of sp³-hybridized carbons (Fsp3) is 0.571. The minimum Gasteiger partial charge on any atom is -0.394 e. The van der Waals surface area contributed by atoms with E-state index in [1.54, 1.807) is 0 Å². The molecule has 38 heavy (non-hydrogen) atoms. The van der Waals surface area contributed by atoms with Crippen molar-refractivity contribution in [1.29, 1.82) is 0 Å². The summed E-state index contributed by atoms with van der Waals surface area (Å²) in [7, 11) is 0. The monoisotopic (exact) mass is 532 g/mol. The van der Waals surface area contributed by atoms with Crippen molar-refractivity contribution in [1.82, 2.24) is 9.88 Å². The van der Waals surface area contributed by atoms with Crippen LogP contribution < -0.4 is 10.6 Å². The number of pyridine rings is 1. The third-order valence-corrected chi connectivity index (χ3v) is 8.14. The fourth-order valence-corrected chi connectivity index (χ4v) is 5.86. The first-order chi connectivity index (χ1) is 18.1. The highest BCUT2D eigenvalue weighted by atomic mass is 19.4. The Hall–Kier alpha value is -2.85. The number of hydrogen-bond acceptors (Lipinski definition) is 5. The average molecular weight is 533 g/mol. The quantitative estimate of drug-likeness (QED) is 0.449. The molecule has 0 spiro atoms. The first-order valence-corrected chi connectivity index (χ1v) is 13.3. The number of aliphatic hydroxyl groups is 1. The van der Waals surface area contributed by atoms with Crippen molar-refractivity contribution in [2.45, 2.75) is 57.2 Å². The summed E-state index contributed by atoms with van der Waals surface area (Å²) in [6, 6.07) is 9.17. The topological polar surface area (TPSA) is 86.7 Å². The molecule has 2 aromatic rings. The molecule has 2 aliphatic heterocycles. The maximum absolute atomic E-state index is 12.9. The van der Waals surface area contributed by atoms with Gasteiger partial charge >= 0.3 is 12.2 Å². The highest BCUT2D eigenvalue weighted by molar-refractivity contribution is 5.90. The molecule has 10 heteroatoms. The predicted molar refractivity (Wildman–Crippen MR) is 139 cm³/mol. The fourth-order valence-electron chi connectivity index (χ4n) is 5.86. The molecule has 1 saturated carbocycles. The van der Waals surface area contributed by atoms with Crippen LogP contribution in [0.4, 0.5) is 29.5 Å². The summed E-state index contributed by atoms with van der Waals surface area (Å²) in [4.78, 5) is 19.2. The molecular formula is C28H35F3N4O3. The molecule has 7 nitrogen and oxygen atoms in total. The van der Waals surface area contributed by atoms with E-state index in [0.717, 1.165) is 41.8 Å². The highest BCUT2D eigenvalue weighted by Crippen LogP contribution is 2.58. The van der Waals surface area contributed by atoms with Gasteiger partial charge in [0.25, 0.3) is 0 Å². The van der Waals surface area contributed by atoms with Crippen molar-refractivity contribution in [3.63, 3.8) is 0 Å². The van der Waals surface area contributed by atoms with Crippen molar-refractivity contribution >= 4 is 17.5 Å². The standard InChI is InChI=1S/C28H35F3N4O3/c1-17-3-4-22(33-26(37)35-7-5-19(14-35)12-28(29,30)31)11-23(17)20-9-24(27-6-8-38-16-21(27)13-27)34-25(10-20)32-18(2)15-36/h3-4,9-11,18-19,21,36H,5-8,12-16H2,1-2H3,(H,32,34)(H,33,37)/t18?,19-,21?,27?/m0/s1. The first kappa shape index (κ1) is 26.7. The van der Waals surface area contributed by atoms with Gasteiger partial charge in [0.1, 0.15) is 5.82 Å². The maximum Gasteiger partial charge on any atom is 0.389 e. The van der Waals surface area contributed by atoms with Crippen molar-refractivity contribution < 1.29 is 27.8 Å². The van der Waals surface area contributed by atoms with Gasteiger partial charge in [-0.1, -0.05) is 6.07 Å². The van der Waals surface area contributed by atoms with E-state index in [-0.39, 0.29) is 30.6 Å². The summed E-state index contributed by atoms with van der Waals surface area (Å²) >= 11 is 0. The van der Waals surface area contributed by atoms with Crippen molar-refractivity contribution in [3.05, 3.63) is 41.6 Å². The molecule has 1 aromatic carbocycles. The Labute approximate surface area is 220 Å². The molecule has 5 rings (SSSR count). The van der Waals surface area contributed by atoms with Crippen molar-refractivity contribution in [3.8, 4) is 11.1 Å². The molecule has 3 heterocycles. The Bertz CT molecular complexity index is 1190. The number of ether oxygens (including phenoxy) is 1. The van der Waals surface area contributed by atoms with Gasteiger partial charge in [-0.05, 0) is 85.9 Å². The van der Waals surface area contributed by atoms with E-state index >= 15 is 0 Å². The lowest BCUT2D eigenvalue weighted by atomic mass is 9.90. The molecule has 206 valence electrons. The number of aliphatic hydroxyl groups excluding tert-OH is 1. The number of fused-ring (bicyclic) bond motifs is 1. The lowest BCUT2D eigenvalue weighted by molar-refractivity contribution is -0.143. The van der Waals surface area contributed by atoms with Crippen LogP contribution in [0.3, 0.4) is 0 Å². The smallest absolute Gasteiger partial charge is 0.389 e. The predicted octanol–water partition coefficient (Wildman–Crippen LogP) is 5.33. The van der Waals surface area contributed by atoms with E-state index in [0.29, 0.717) is 37.0 Å². The zero-order valence-corrected chi connectivity index (χ0v) is 21.8. The van der Waals surface area contributed by atoms with Gasteiger partial charge in [0, 0.05) is 43.3 Å². The van der Waals surface area contributed by atoms with Crippen LogP contribution in [0.2, 0.25) is 0 Å². The minimum absolute atomic E-state index is 0.00951. The van der Waals surface area contributed by atoms with Gasteiger partial charge in [0.05, 0.1) is 18.9 Å². The average Bonchev–Trinajstić information content (AvgIpc) is 3.46. The second-order valence-corrected chi connectivity index (χ2v) is 11.1. The van der Waals surface area contributed by atoms with Gasteiger partial charge in [-0.3, -0.25) is 0 Å². The summed E-state index contributed by atoms with van der Waals surface area (Å²) in [6.45, 7) is 5.72. The molecule has 3 aliphatic rings. The van der Waals surface area contributed by atoms with Crippen LogP contribution in [0, 0.1) is 18.8 Å². The zero-order valence-electron chi connectivity index (χ0n) is 21.8. The van der Waals surface area contributed by atoms with Gasteiger partial charge in [0.15, 0.2) is 0 Å². The van der Waals surface area contributed by atoms with Gasteiger partial charge in [-0.15, -0.1) is 0 Å². The van der Waals surface area contributed by atoms with E-state index in [9.17, 15) is 23.1 Å². The van der Waals surface area contributed by atoms with Crippen LogP contribution in [0.15, 0.2) is 30.3 Å². The summed E-state index contributed by atoms with van der Waals surface area (Å²) in [5.74, 6) is 0.579. The SMILES string of the molecule is Cc1ccc(NC(=O)N2CC[C@@H](CC(F)(F)F)C2)cc1-c1cc(NC(C)CO)nc(C23CCOCC2C3)c1. The number of aromatic nitrogens is 1. The third-order valence-electron chi connectivity index (χ3n) is 8.14. The molecule has 1 aromatic heterocycles. The number of amides is 2. The molecule has 0 bridgehead atoms. The summed E-state index contributed by atoms with van der Waals surface area (Å²) in [5, 5.41) is 15.7. The molecule has 3 fully saturated rings. The number of aryl methyl sites for hydroxylation is 1. The Morgan fingerprint density at radius 2 is 2.13 bits per heavy atom. The van der Waals surface area contributed by atoms with E-state index in [1.807, 2.05) is 38.1 Å². The number of nitrogens with one attached hydrogen (secondary N) is 2. The Morgan fingerprint density at radius 3 is 2.87 bits per heavy atom.